The average Bonchev–Trinajstić information content (AvgIpc) is 2.16. The molecule has 5 heteroatoms. The molecule has 0 saturated heterocycles. The SMILES string of the molecule is CC(C)Cc1nccc(C(=O)O)c1CO.Cl. The molecule has 0 amide bonds. The Bertz CT molecular complexity index is 366. The van der Waals surface area contributed by atoms with Crippen molar-refractivity contribution in [2.45, 2.75) is 26.9 Å². The van der Waals surface area contributed by atoms with Crippen LogP contribution in [0.5, 0.6) is 0 Å². The number of carbonyl (C=O) groups is 1. The van der Waals surface area contributed by atoms with Crippen LogP contribution in [0.4, 0.5) is 0 Å². The maximum Gasteiger partial charge on any atom is 0.336 e. The van der Waals surface area contributed by atoms with E-state index in [-0.39, 0.29) is 24.6 Å². The fraction of sp³-hybridized carbons (Fsp3) is 0.455. The Hall–Kier alpha value is -1.13. The molecule has 0 fully saturated rings. The second-order valence-corrected chi connectivity index (χ2v) is 3.84. The minimum Gasteiger partial charge on any atom is -0.478 e. The molecule has 1 rings (SSSR count). The van der Waals surface area contributed by atoms with Gasteiger partial charge in [0.1, 0.15) is 0 Å². The molecule has 0 radical (unpaired) electrons. The van der Waals surface area contributed by atoms with E-state index in [2.05, 4.69) is 4.98 Å². The van der Waals surface area contributed by atoms with E-state index in [9.17, 15) is 4.79 Å². The molecule has 90 valence electrons. The van der Waals surface area contributed by atoms with Crippen LogP contribution in [0.3, 0.4) is 0 Å². The Morgan fingerprint density at radius 3 is 2.56 bits per heavy atom. The van der Waals surface area contributed by atoms with Crippen molar-refractivity contribution in [3.8, 4) is 0 Å². The number of aliphatic hydroxyl groups excluding tert-OH is 1. The van der Waals surface area contributed by atoms with Crippen molar-refractivity contribution < 1.29 is 15.0 Å². The molecule has 16 heavy (non-hydrogen) atoms. The molecule has 0 spiro atoms. The van der Waals surface area contributed by atoms with E-state index in [4.69, 9.17) is 10.2 Å². The monoisotopic (exact) mass is 245 g/mol. The van der Waals surface area contributed by atoms with Gasteiger partial charge in [0.25, 0.3) is 0 Å². The van der Waals surface area contributed by atoms with Gasteiger partial charge in [0.05, 0.1) is 12.2 Å². The van der Waals surface area contributed by atoms with E-state index in [1.54, 1.807) is 0 Å². The minimum absolute atomic E-state index is 0. The maximum atomic E-state index is 10.9. The van der Waals surface area contributed by atoms with Crippen molar-refractivity contribution in [1.29, 1.82) is 0 Å². The quantitative estimate of drug-likeness (QED) is 0.850. The highest BCUT2D eigenvalue weighted by Crippen LogP contribution is 2.16. The van der Waals surface area contributed by atoms with E-state index in [0.717, 1.165) is 0 Å². The molecule has 1 aromatic rings. The fourth-order valence-electron chi connectivity index (χ4n) is 1.48. The lowest BCUT2D eigenvalue weighted by Gasteiger charge is -2.10. The largest absolute Gasteiger partial charge is 0.478 e. The van der Waals surface area contributed by atoms with Crippen LogP contribution in [0.1, 0.15) is 35.5 Å². The van der Waals surface area contributed by atoms with Crippen LogP contribution in [-0.4, -0.2) is 21.2 Å². The number of aromatic carboxylic acids is 1. The highest BCUT2D eigenvalue weighted by molar-refractivity contribution is 5.89. The van der Waals surface area contributed by atoms with Crippen molar-refractivity contribution in [2.75, 3.05) is 0 Å². The number of halogens is 1. The Labute approximate surface area is 101 Å². The molecule has 0 aliphatic rings. The maximum absolute atomic E-state index is 10.9. The summed E-state index contributed by atoms with van der Waals surface area (Å²) in [5, 5.41) is 18.1. The van der Waals surface area contributed by atoms with Crippen molar-refractivity contribution in [3.05, 3.63) is 29.1 Å². The van der Waals surface area contributed by atoms with Gasteiger partial charge in [0, 0.05) is 17.5 Å². The van der Waals surface area contributed by atoms with Crippen molar-refractivity contribution in [1.82, 2.24) is 4.98 Å². The second-order valence-electron chi connectivity index (χ2n) is 3.84. The number of aliphatic hydroxyl groups is 1. The lowest BCUT2D eigenvalue weighted by molar-refractivity contribution is 0.0693. The normalized spacial score (nSPS) is 10.0. The zero-order valence-electron chi connectivity index (χ0n) is 9.30. The van der Waals surface area contributed by atoms with Gasteiger partial charge in [0.15, 0.2) is 0 Å². The van der Waals surface area contributed by atoms with Gasteiger partial charge in [0.2, 0.25) is 0 Å². The van der Waals surface area contributed by atoms with Crippen LogP contribution in [0.25, 0.3) is 0 Å². The predicted octanol–water partition coefficient (Wildman–Crippen LogP) is 1.89. The molecule has 0 aliphatic heterocycles. The highest BCUT2D eigenvalue weighted by Gasteiger charge is 2.14. The molecule has 0 bridgehead atoms. The molecule has 0 aromatic carbocycles. The summed E-state index contributed by atoms with van der Waals surface area (Å²) in [4.78, 5) is 15.0. The molecule has 0 saturated carbocycles. The molecule has 4 nitrogen and oxygen atoms in total. The third-order valence-corrected chi connectivity index (χ3v) is 2.14. The number of carboxylic acids is 1. The van der Waals surface area contributed by atoms with E-state index in [1.165, 1.54) is 12.3 Å². The fourth-order valence-corrected chi connectivity index (χ4v) is 1.48. The summed E-state index contributed by atoms with van der Waals surface area (Å²) in [6, 6.07) is 1.41. The topological polar surface area (TPSA) is 70.4 Å². The summed E-state index contributed by atoms with van der Waals surface area (Å²) in [5.74, 6) is -0.640. The number of hydrogen-bond acceptors (Lipinski definition) is 3. The van der Waals surface area contributed by atoms with E-state index in [0.29, 0.717) is 23.6 Å². The molecule has 0 aliphatic carbocycles. The van der Waals surface area contributed by atoms with Gasteiger partial charge >= 0.3 is 5.97 Å². The third kappa shape index (κ3) is 3.47. The summed E-state index contributed by atoms with van der Waals surface area (Å²) < 4.78 is 0. The van der Waals surface area contributed by atoms with Gasteiger partial charge in [-0.2, -0.15) is 0 Å². The first kappa shape index (κ1) is 14.9. The Kier molecular flexibility index (Phi) is 6.00. The number of hydrogen-bond donors (Lipinski definition) is 2. The van der Waals surface area contributed by atoms with Gasteiger partial charge < -0.3 is 10.2 Å². The summed E-state index contributed by atoms with van der Waals surface area (Å²) in [7, 11) is 0. The summed E-state index contributed by atoms with van der Waals surface area (Å²) >= 11 is 0. The number of aromatic nitrogens is 1. The van der Waals surface area contributed by atoms with Crippen molar-refractivity contribution in [2.24, 2.45) is 5.92 Å². The smallest absolute Gasteiger partial charge is 0.336 e. The zero-order chi connectivity index (χ0) is 11.4. The first-order valence-electron chi connectivity index (χ1n) is 4.87. The molecule has 1 aromatic heterocycles. The van der Waals surface area contributed by atoms with Gasteiger partial charge in [-0.1, -0.05) is 13.8 Å². The van der Waals surface area contributed by atoms with E-state index in [1.807, 2.05) is 13.8 Å². The van der Waals surface area contributed by atoms with Crippen molar-refractivity contribution >= 4 is 18.4 Å². The standard InChI is InChI=1S/C11H15NO3.ClH/c1-7(2)5-10-9(6-13)8(11(14)15)3-4-12-10;/h3-4,7,13H,5-6H2,1-2H3,(H,14,15);1H. The molecule has 1 heterocycles. The van der Waals surface area contributed by atoms with Gasteiger partial charge in [-0.25, -0.2) is 4.79 Å². The summed E-state index contributed by atoms with van der Waals surface area (Å²) in [6.45, 7) is 3.77. The summed E-state index contributed by atoms with van der Waals surface area (Å²) in [6.07, 6.45) is 2.15. The van der Waals surface area contributed by atoms with Gasteiger partial charge in [-0.3, -0.25) is 4.98 Å². The lowest BCUT2D eigenvalue weighted by Crippen LogP contribution is -2.09. The molecule has 2 N–H and O–H groups in total. The predicted molar refractivity (Wildman–Crippen MR) is 62.9 cm³/mol. The first-order valence-corrected chi connectivity index (χ1v) is 4.87. The highest BCUT2D eigenvalue weighted by atomic mass is 35.5. The molecule has 0 unspecified atom stereocenters. The average molecular weight is 246 g/mol. The van der Waals surface area contributed by atoms with Gasteiger partial charge in [-0.05, 0) is 18.4 Å². The van der Waals surface area contributed by atoms with Crippen LogP contribution in [0.15, 0.2) is 12.3 Å². The lowest BCUT2D eigenvalue weighted by atomic mass is 10.00. The third-order valence-electron chi connectivity index (χ3n) is 2.14. The Balaban J connectivity index is 0.00000225. The Morgan fingerprint density at radius 2 is 2.12 bits per heavy atom. The molecular weight excluding hydrogens is 230 g/mol. The number of rotatable bonds is 4. The first-order chi connectivity index (χ1) is 7.06. The second kappa shape index (κ2) is 6.45. The van der Waals surface area contributed by atoms with E-state index >= 15 is 0 Å². The van der Waals surface area contributed by atoms with E-state index < -0.39 is 5.97 Å². The Morgan fingerprint density at radius 1 is 1.50 bits per heavy atom. The van der Waals surface area contributed by atoms with Gasteiger partial charge in [-0.15, -0.1) is 12.4 Å². The summed E-state index contributed by atoms with van der Waals surface area (Å²) in [5.41, 5.74) is 1.24. The minimum atomic E-state index is -1.02. The van der Waals surface area contributed by atoms with Crippen LogP contribution in [-0.2, 0) is 13.0 Å². The van der Waals surface area contributed by atoms with Crippen LogP contribution in [0, 0.1) is 5.92 Å². The molecule has 0 atom stereocenters. The van der Waals surface area contributed by atoms with Crippen LogP contribution < -0.4 is 0 Å². The zero-order valence-corrected chi connectivity index (χ0v) is 10.1. The number of nitrogens with zero attached hydrogens (tertiary/aromatic N) is 1. The van der Waals surface area contributed by atoms with Crippen LogP contribution >= 0.6 is 12.4 Å². The number of carboxylic acid groups (broad SMARTS) is 1. The van der Waals surface area contributed by atoms with Crippen LogP contribution in [0.2, 0.25) is 0 Å². The molecular formula is C11H16ClNO3. The number of pyridine rings is 1. The van der Waals surface area contributed by atoms with Crippen molar-refractivity contribution in [3.63, 3.8) is 0 Å².